The highest BCUT2D eigenvalue weighted by atomic mass is 32.2. The number of carbonyl (C=O) groups is 1. The lowest BCUT2D eigenvalue weighted by atomic mass is 10.3. The van der Waals surface area contributed by atoms with Crippen LogP contribution >= 0.6 is 0 Å². The van der Waals surface area contributed by atoms with Crippen molar-refractivity contribution in [3.05, 3.63) is 24.3 Å². The van der Waals surface area contributed by atoms with Gasteiger partial charge in [-0.15, -0.1) is 0 Å². The van der Waals surface area contributed by atoms with Crippen molar-refractivity contribution < 1.29 is 23.1 Å². The van der Waals surface area contributed by atoms with E-state index in [9.17, 15) is 18.3 Å². The average Bonchev–Trinajstić information content (AvgIpc) is 2.73. The Morgan fingerprint density at radius 2 is 2.05 bits per heavy atom. The van der Waals surface area contributed by atoms with Crippen molar-refractivity contribution in [1.29, 1.82) is 0 Å². The van der Waals surface area contributed by atoms with Gasteiger partial charge in [0.25, 0.3) is 0 Å². The van der Waals surface area contributed by atoms with E-state index >= 15 is 0 Å². The molecule has 1 heterocycles. The van der Waals surface area contributed by atoms with E-state index in [2.05, 4.69) is 5.32 Å². The first-order chi connectivity index (χ1) is 9.96. The van der Waals surface area contributed by atoms with Gasteiger partial charge in [-0.3, -0.25) is 4.79 Å². The quantitative estimate of drug-likeness (QED) is 0.820. The number of nitrogens with zero attached hydrogens (tertiary/aromatic N) is 1. The first-order valence-electron chi connectivity index (χ1n) is 6.56. The Hall–Kier alpha value is -1.64. The van der Waals surface area contributed by atoms with E-state index in [1.807, 2.05) is 0 Å². The van der Waals surface area contributed by atoms with Gasteiger partial charge in [0.2, 0.25) is 10.0 Å². The van der Waals surface area contributed by atoms with Crippen LogP contribution in [0.2, 0.25) is 0 Å². The van der Waals surface area contributed by atoms with Gasteiger partial charge in [-0.25, -0.2) is 8.42 Å². The van der Waals surface area contributed by atoms with Crippen molar-refractivity contribution in [3.63, 3.8) is 0 Å². The van der Waals surface area contributed by atoms with Gasteiger partial charge in [0.1, 0.15) is 11.8 Å². The maximum atomic E-state index is 12.6. The predicted molar refractivity (Wildman–Crippen MR) is 75.8 cm³/mol. The minimum absolute atomic E-state index is 0.0662. The summed E-state index contributed by atoms with van der Waals surface area (Å²) in [6.45, 7) is 0.876. The molecule has 1 fully saturated rings. The molecule has 8 heteroatoms. The number of carboxylic acids is 1. The molecule has 21 heavy (non-hydrogen) atoms. The summed E-state index contributed by atoms with van der Waals surface area (Å²) in [7, 11) is -2.36. The summed E-state index contributed by atoms with van der Waals surface area (Å²) in [5, 5.41) is 12.2. The van der Waals surface area contributed by atoms with Crippen LogP contribution in [0.3, 0.4) is 0 Å². The summed E-state index contributed by atoms with van der Waals surface area (Å²) in [4.78, 5) is 11.4. The number of hydrogen-bond acceptors (Lipinski definition) is 5. The van der Waals surface area contributed by atoms with Gasteiger partial charge in [-0.2, -0.15) is 4.31 Å². The molecule has 1 aliphatic rings. The fourth-order valence-corrected chi connectivity index (χ4v) is 3.86. The molecular weight excluding hydrogens is 296 g/mol. The number of nitrogens with one attached hydrogen (secondary N) is 1. The van der Waals surface area contributed by atoms with Crippen LogP contribution in [-0.2, 0) is 14.8 Å². The summed E-state index contributed by atoms with van der Waals surface area (Å²) in [6.07, 6.45) is 0.569. The molecule has 0 aromatic heterocycles. The van der Waals surface area contributed by atoms with Gasteiger partial charge in [0.15, 0.2) is 0 Å². The Labute approximate surface area is 123 Å². The second kappa shape index (κ2) is 6.42. The predicted octanol–water partition coefficient (Wildman–Crippen LogP) is 0.132. The third-order valence-electron chi connectivity index (χ3n) is 3.37. The number of ether oxygens (including phenoxy) is 1. The van der Waals surface area contributed by atoms with E-state index in [0.29, 0.717) is 18.7 Å². The standard InChI is InChI=1S/C13H18N2O5S/c1-20-10-3-5-11(6-4-10)21(18,19)15-8-2-7-14-9-12(15)13(16)17/h3-6,12,14H,2,7-9H2,1H3,(H,16,17). The highest BCUT2D eigenvalue weighted by Crippen LogP contribution is 2.22. The van der Waals surface area contributed by atoms with Gasteiger partial charge in [-0.1, -0.05) is 0 Å². The summed E-state index contributed by atoms with van der Waals surface area (Å²) in [6, 6.07) is 4.83. The Balaban J connectivity index is 2.36. The summed E-state index contributed by atoms with van der Waals surface area (Å²) in [5.74, 6) is -0.609. The number of benzene rings is 1. The van der Waals surface area contributed by atoms with Crippen LogP contribution in [0.5, 0.6) is 5.75 Å². The molecule has 2 rings (SSSR count). The molecule has 116 valence electrons. The molecule has 0 amide bonds. The van der Waals surface area contributed by atoms with Crippen molar-refractivity contribution in [2.24, 2.45) is 0 Å². The van der Waals surface area contributed by atoms with Crippen molar-refractivity contribution in [2.75, 3.05) is 26.7 Å². The number of methoxy groups -OCH3 is 1. The topological polar surface area (TPSA) is 95.9 Å². The summed E-state index contributed by atoms with van der Waals surface area (Å²) in [5.41, 5.74) is 0. The van der Waals surface area contributed by atoms with Crippen LogP contribution in [0.4, 0.5) is 0 Å². The number of rotatable bonds is 4. The van der Waals surface area contributed by atoms with Crippen molar-refractivity contribution in [1.82, 2.24) is 9.62 Å². The Bertz CT molecular complexity index is 599. The maximum absolute atomic E-state index is 12.6. The van der Waals surface area contributed by atoms with Crippen LogP contribution < -0.4 is 10.1 Å². The first kappa shape index (κ1) is 15.7. The van der Waals surface area contributed by atoms with E-state index < -0.39 is 22.0 Å². The van der Waals surface area contributed by atoms with E-state index in [1.165, 1.54) is 19.2 Å². The van der Waals surface area contributed by atoms with E-state index in [1.54, 1.807) is 12.1 Å². The lowest BCUT2D eigenvalue weighted by Gasteiger charge is -2.25. The lowest BCUT2D eigenvalue weighted by molar-refractivity contribution is -0.141. The summed E-state index contributed by atoms with van der Waals surface area (Å²) >= 11 is 0. The molecule has 1 aromatic carbocycles. The smallest absolute Gasteiger partial charge is 0.323 e. The molecule has 0 spiro atoms. The molecule has 1 saturated heterocycles. The zero-order valence-electron chi connectivity index (χ0n) is 11.7. The number of carboxylic acid groups (broad SMARTS) is 1. The minimum Gasteiger partial charge on any atom is -0.497 e. The minimum atomic E-state index is -3.85. The molecule has 2 N–H and O–H groups in total. The summed E-state index contributed by atoms with van der Waals surface area (Å²) < 4.78 is 31.3. The van der Waals surface area contributed by atoms with E-state index in [4.69, 9.17) is 4.74 Å². The number of hydrogen-bond donors (Lipinski definition) is 2. The molecule has 0 aliphatic carbocycles. The fraction of sp³-hybridized carbons (Fsp3) is 0.462. The van der Waals surface area contributed by atoms with Crippen molar-refractivity contribution >= 4 is 16.0 Å². The number of sulfonamides is 1. The van der Waals surface area contributed by atoms with Crippen molar-refractivity contribution in [3.8, 4) is 5.75 Å². The van der Waals surface area contributed by atoms with Crippen LogP contribution in [-0.4, -0.2) is 56.6 Å². The maximum Gasteiger partial charge on any atom is 0.323 e. The van der Waals surface area contributed by atoms with Gasteiger partial charge in [0.05, 0.1) is 12.0 Å². The SMILES string of the molecule is COc1ccc(S(=O)(=O)N2CCCNCC2C(=O)O)cc1. The monoisotopic (exact) mass is 314 g/mol. The molecule has 0 radical (unpaired) electrons. The van der Waals surface area contributed by atoms with Gasteiger partial charge < -0.3 is 15.2 Å². The van der Waals surface area contributed by atoms with E-state index in [0.717, 1.165) is 4.31 Å². The van der Waals surface area contributed by atoms with Crippen LogP contribution in [0.1, 0.15) is 6.42 Å². The fourth-order valence-electron chi connectivity index (χ4n) is 2.24. The molecule has 1 aromatic rings. The largest absolute Gasteiger partial charge is 0.497 e. The van der Waals surface area contributed by atoms with Gasteiger partial charge in [-0.05, 0) is 37.2 Å². The number of aliphatic carboxylic acids is 1. The molecule has 1 atom stereocenters. The highest BCUT2D eigenvalue weighted by molar-refractivity contribution is 7.89. The molecule has 7 nitrogen and oxygen atoms in total. The third-order valence-corrected chi connectivity index (χ3v) is 5.29. The second-order valence-corrected chi connectivity index (χ2v) is 6.59. The van der Waals surface area contributed by atoms with Gasteiger partial charge >= 0.3 is 5.97 Å². The van der Waals surface area contributed by atoms with E-state index in [-0.39, 0.29) is 18.0 Å². The molecular formula is C13H18N2O5S. The molecule has 0 bridgehead atoms. The Kier molecular flexibility index (Phi) is 4.81. The Morgan fingerprint density at radius 1 is 1.38 bits per heavy atom. The van der Waals surface area contributed by atoms with Crippen LogP contribution in [0.15, 0.2) is 29.2 Å². The molecule has 0 saturated carbocycles. The first-order valence-corrected chi connectivity index (χ1v) is 8.00. The van der Waals surface area contributed by atoms with Gasteiger partial charge in [0, 0.05) is 13.1 Å². The van der Waals surface area contributed by atoms with Crippen LogP contribution in [0.25, 0.3) is 0 Å². The normalized spacial score (nSPS) is 20.7. The lowest BCUT2D eigenvalue weighted by Crippen LogP contribution is -2.48. The second-order valence-electron chi connectivity index (χ2n) is 4.70. The highest BCUT2D eigenvalue weighted by Gasteiger charge is 2.36. The zero-order valence-corrected chi connectivity index (χ0v) is 12.5. The average molecular weight is 314 g/mol. The van der Waals surface area contributed by atoms with Crippen molar-refractivity contribution in [2.45, 2.75) is 17.4 Å². The molecule has 1 aliphatic heterocycles. The molecule has 1 unspecified atom stereocenters. The van der Waals surface area contributed by atoms with Crippen LogP contribution in [0, 0.1) is 0 Å². The third kappa shape index (κ3) is 3.34. The zero-order chi connectivity index (χ0) is 15.5. The Morgan fingerprint density at radius 3 is 2.62 bits per heavy atom.